The zero-order valence-corrected chi connectivity index (χ0v) is 27.7. The molecule has 46 heavy (non-hydrogen) atoms. The molecule has 0 amide bonds. The summed E-state index contributed by atoms with van der Waals surface area (Å²) in [6.07, 6.45) is -1.27. The highest BCUT2D eigenvalue weighted by molar-refractivity contribution is 5.95. The van der Waals surface area contributed by atoms with Crippen LogP contribution >= 0.6 is 0 Å². The number of carbonyl (C=O) groups excluding carboxylic acids is 4. The third kappa shape index (κ3) is 3.31. The normalized spacial score (nSPS) is 37.3. The van der Waals surface area contributed by atoms with Crippen molar-refractivity contribution >= 4 is 34.8 Å². The topological polar surface area (TPSA) is 145 Å². The fourth-order valence-electron chi connectivity index (χ4n) is 8.75. The van der Waals surface area contributed by atoms with E-state index in [2.05, 4.69) is 0 Å². The fraction of sp³-hybridized carbons (Fsp3) is 0.629. The molecule has 11 nitrogen and oxygen atoms in total. The first-order valence-corrected chi connectivity index (χ1v) is 15.8. The molecule has 4 fully saturated rings. The summed E-state index contributed by atoms with van der Waals surface area (Å²) in [5, 5.41) is 0.572. The Bertz CT molecular complexity index is 1830. The van der Waals surface area contributed by atoms with Gasteiger partial charge in [-0.25, -0.2) is 14.4 Å². The van der Waals surface area contributed by atoms with Gasteiger partial charge in [-0.15, -0.1) is 0 Å². The molecular weight excluding hydrogens is 596 g/mol. The second kappa shape index (κ2) is 8.72. The van der Waals surface area contributed by atoms with Gasteiger partial charge in [-0.1, -0.05) is 27.7 Å². The van der Waals surface area contributed by atoms with Gasteiger partial charge < -0.3 is 28.1 Å². The number of fused-ring (bicyclic) bond motifs is 7. The molecule has 4 heterocycles. The molecule has 2 saturated carbocycles. The number of esters is 4. The molecule has 0 N–H and O–H groups in total. The summed E-state index contributed by atoms with van der Waals surface area (Å²) in [7, 11) is 0. The predicted octanol–water partition coefficient (Wildman–Crippen LogP) is 5.01. The van der Waals surface area contributed by atoms with Gasteiger partial charge in [-0.2, -0.15) is 0 Å². The summed E-state index contributed by atoms with van der Waals surface area (Å²) >= 11 is 0. The summed E-state index contributed by atoms with van der Waals surface area (Å²) < 4.78 is 36.5. The Kier molecular flexibility index (Phi) is 5.83. The van der Waals surface area contributed by atoms with E-state index < -0.39 is 80.2 Å². The molecule has 6 atom stereocenters. The molecule has 11 heteroatoms. The largest absolute Gasteiger partial charge is 0.483 e. The van der Waals surface area contributed by atoms with Crippen LogP contribution in [0.15, 0.2) is 27.4 Å². The first-order chi connectivity index (χ1) is 21.2. The minimum Gasteiger partial charge on any atom is -0.483 e. The summed E-state index contributed by atoms with van der Waals surface area (Å²) in [4.78, 5) is 67.4. The third-order valence-electron chi connectivity index (χ3n) is 13.0. The minimum absolute atomic E-state index is 0.118. The van der Waals surface area contributed by atoms with Crippen molar-refractivity contribution in [2.24, 2.45) is 21.7 Å². The number of rotatable bonds is 4. The van der Waals surface area contributed by atoms with Crippen molar-refractivity contribution in [1.29, 1.82) is 0 Å². The number of benzene rings is 1. The van der Waals surface area contributed by atoms with Gasteiger partial charge in [-0.3, -0.25) is 9.59 Å². The van der Waals surface area contributed by atoms with E-state index in [4.69, 9.17) is 28.1 Å². The number of aryl methyl sites for hydroxylation is 1. The maximum absolute atomic E-state index is 14.4. The Morgan fingerprint density at radius 3 is 1.74 bits per heavy atom. The van der Waals surface area contributed by atoms with Crippen LogP contribution in [-0.4, -0.2) is 46.8 Å². The quantitative estimate of drug-likeness (QED) is 0.254. The van der Waals surface area contributed by atoms with Crippen LogP contribution in [0.5, 0.6) is 5.75 Å². The maximum Gasteiger partial charge on any atom is 0.351 e. The second-order valence-corrected chi connectivity index (χ2v) is 15.8. The standard InChI is InChI=1S/C35H40O11/c1-17-16-19-21(22-18(17)10-11-20(36)41-22)23(42-27(39)34-14-12-32(8,25(37)45-34)30(34,4)5)24(29(2,3)44-19)43-28(40)35-15-13-33(9,26(38)46-35)31(35,6)7/h10-11,16,23-24H,12-15H2,1-9H3/t23-,24-,32-,33-,34?,35?/m1/s1. The zero-order valence-electron chi connectivity index (χ0n) is 27.7. The van der Waals surface area contributed by atoms with Gasteiger partial charge in [0.1, 0.15) is 16.9 Å². The molecule has 246 valence electrons. The number of hydrogen-bond donors (Lipinski definition) is 0. The highest BCUT2D eigenvalue weighted by atomic mass is 16.7. The Balaban J connectivity index is 1.37. The lowest BCUT2D eigenvalue weighted by Crippen LogP contribution is -2.57. The molecule has 2 saturated heterocycles. The molecule has 7 rings (SSSR count). The molecular formula is C35H40O11. The summed E-state index contributed by atoms with van der Waals surface area (Å²) in [5.41, 5.74) is -7.61. The van der Waals surface area contributed by atoms with Gasteiger partial charge in [0.05, 0.1) is 16.4 Å². The second-order valence-electron chi connectivity index (χ2n) is 15.8. The first kappa shape index (κ1) is 30.7. The van der Waals surface area contributed by atoms with Crippen molar-refractivity contribution < 1.29 is 47.3 Å². The van der Waals surface area contributed by atoms with Crippen LogP contribution in [0.25, 0.3) is 11.0 Å². The van der Waals surface area contributed by atoms with Gasteiger partial charge in [0, 0.05) is 22.3 Å². The number of hydrogen-bond acceptors (Lipinski definition) is 11. The first-order valence-electron chi connectivity index (χ1n) is 15.8. The van der Waals surface area contributed by atoms with Crippen LogP contribution in [0.4, 0.5) is 0 Å². The average molecular weight is 637 g/mol. The average Bonchev–Trinajstić information content (AvgIpc) is 3.42. The molecule has 4 bridgehead atoms. The molecule has 1 aromatic carbocycles. The molecule has 2 aliphatic carbocycles. The molecule has 2 unspecified atom stereocenters. The molecule has 0 spiro atoms. The van der Waals surface area contributed by atoms with E-state index in [1.807, 2.05) is 34.6 Å². The molecule has 0 radical (unpaired) electrons. The SMILES string of the molecule is Cc1cc2c(c3oc(=O)ccc13)[C@@H](OC(=O)C13CC[C@](C)(C(=O)O1)C3(C)C)[C@@H](OC(=O)C13CC[C@](C)(C(=O)O1)C3(C)C)C(C)(C)O2. The number of carbonyl (C=O) groups is 4. The predicted molar refractivity (Wildman–Crippen MR) is 161 cm³/mol. The van der Waals surface area contributed by atoms with Crippen molar-refractivity contribution in [2.45, 2.75) is 117 Å². The lowest BCUT2D eigenvalue weighted by atomic mass is 9.66. The maximum atomic E-state index is 14.4. The Morgan fingerprint density at radius 1 is 0.739 bits per heavy atom. The summed E-state index contributed by atoms with van der Waals surface area (Å²) in [5.74, 6) is -2.24. The van der Waals surface area contributed by atoms with Crippen LogP contribution in [0.2, 0.25) is 0 Å². The van der Waals surface area contributed by atoms with Crippen LogP contribution in [0.3, 0.4) is 0 Å². The lowest BCUT2D eigenvalue weighted by molar-refractivity contribution is -0.217. The Hall–Kier alpha value is -3.89. The fourth-order valence-corrected chi connectivity index (χ4v) is 8.75. The zero-order chi connectivity index (χ0) is 33.6. The summed E-state index contributed by atoms with van der Waals surface area (Å²) in [6.45, 7) is 16.1. The van der Waals surface area contributed by atoms with Crippen molar-refractivity contribution in [3.05, 3.63) is 39.7 Å². The third-order valence-corrected chi connectivity index (χ3v) is 13.0. The monoisotopic (exact) mass is 636 g/mol. The summed E-state index contributed by atoms with van der Waals surface area (Å²) in [6, 6.07) is 4.66. The van der Waals surface area contributed by atoms with Crippen molar-refractivity contribution in [3.8, 4) is 5.75 Å². The van der Waals surface area contributed by atoms with Crippen molar-refractivity contribution in [1.82, 2.24) is 0 Å². The van der Waals surface area contributed by atoms with Crippen LogP contribution < -0.4 is 10.4 Å². The van der Waals surface area contributed by atoms with Gasteiger partial charge in [0.2, 0.25) is 11.2 Å². The van der Waals surface area contributed by atoms with E-state index in [1.165, 1.54) is 6.07 Å². The smallest absolute Gasteiger partial charge is 0.351 e. The molecule has 1 aromatic heterocycles. The van der Waals surface area contributed by atoms with Crippen molar-refractivity contribution in [3.63, 3.8) is 0 Å². The Morgan fingerprint density at radius 2 is 1.26 bits per heavy atom. The lowest BCUT2D eigenvalue weighted by Gasteiger charge is -2.46. The minimum atomic E-state index is -1.59. The van der Waals surface area contributed by atoms with E-state index in [0.29, 0.717) is 18.2 Å². The number of ether oxygens (including phenoxy) is 5. The van der Waals surface area contributed by atoms with Crippen molar-refractivity contribution in [2.75, 3.05) is 0 Å². The van der Waals surface area contributed by atoms with Crippen LogP contribution in [-0.2, 0) is 38.1 Å². The molecule has 2 aromatic rings. The highest BCUT2D eigenvalue weighted by Crippen LogP contribution is 2.67. The van der Waals surface area contributed by atoms with Gasteiger partial charge in [0.25, 0.3) is 0 Å². The van der Waals surface area contributed by atoms with E-state index in [9.17, 15) is 24.0 Å². The Labute approximate surface area is 266 Å². The highest BCUT2D eigenvalue weighted by Gasteiger charge is 2.78. The molecule has 3 aliphatic heterocycles. The van der Waals surface area contributed by atoms with Gasteiger partial charge in [-0.05, 0) is 78.0 Å². The van der Waals surface area contributed by atoms with E-state index >= 15 is 0 Å². The van der Waals surface area contributed by atoms with Crippen LogP contribution in [0, 0.1) is 28.6 Å². The van der Waals surface area contributed by atoms with Crippen LogP contribution in [0.1, 0.15) is 98.3 Å². The van der Waals surface area contributed by atoms with E-state index in [-0.39, 0.29) is 29.7 Å². The van der Waals surface area contributed by atoms with Gasteiger partial charge >= 0.3 is 29.5 Å². The van der Waals surface area contributed by atoms with E-state index in [1.54, 1.807) is 39.8 Å². The van der Waals surface area contributed by atoms with Gasteiger partial charge in [0.15, 0.2) is 12.2 Å². The van der Waals surface area contributed by atoms with E-state index in [0.717, 1.165) is 5.56 Å². The molecule has 5 aliphatic rings.